The number of hydrogen-bond acceptors (Lipinski definition) is 11. The van der Waals surface area contributed by atoms with Crippen molar-refractivity contribution in [3.8, 4) is 0 Å². The Kier molecular flexibility index (Phi) is 10.6. The molecule has 3 heterocycles. The van der Waals surface area contributed by atoms with Gasteiger partial charge in [-0.15, -0.1) is 0 Å². The maximum Gasteiger partial charge on any atom is 0.314 e. The van der Waals surface area contributed by atoms with Gasteiger partial charge < -0.3 is 49.2 Å². The summed E-state index contributed by atoms with van der Waals surface area (Å²) in [7, 11) is 5.69. The minimum atomic E-state index is -1.96. The Labute approximate surface area is 246 Å². The van der Waals surface area contributed by atoms with Crippen molar-refractivity contribution in [3.63, 3.8) is 0 Å². The quantitative estimate of drug-likeness (QED) is 0.354. The molecule has 4 N–H and O–H groups in total. The van der Waals surface area contributed by atoms with E-state index in [1.807, 2.05) is 51.7 Å². The number of aliphatic hydroxyl groups is 4. The predicted octanol–water partition coefficient (Wildman–Crippen LogP) is 1.34. The topological polar surface area (TPSA) is 141 Å². The molecule has 3 saturated heterocycles. The second-order valence-electron chi connectivity index (χ2n) is 13.8. The number of carbonyl (C=O) groups is 1. The normalized spacial score (nSPS) is 50.9. The van der Waals surface area contributed by atoms with E-state index in [1.54, 1.807) is 20.8 Å². The molecule has 11 nitrogen and oxygen atoms in total. The summed E-state index contributed by atoms with van der Waals surface area (Å²) in [5, 5.41) is 45.8. The summed E-state index contributed by atoms with van der Waals surface area (Å²) in [4.78, 5) is 17.5. The molecule has 3 fully saturated rings. The highest BCUT2D eigenvalue weighted by Gasteiger charge is 2.64. The van der Waals surface area contributed by atoms with Crippen LogP contribution in [0.15, 0.2) is 0 Å². The summed E-state index contributed by atoms with van der Waals surface area (Å²) in [5.41, 5.74) is -2.79. The van der Waals surface area contributed by atoms with Crippen molar-refractivity contribution in [2.45, 2.75) is 141 Å². The molecule has 0 aromatic heterocycles. The molecule has 2 bridgehead atoms. The first kappa shape index (κ1) is 34.6. The fraction of sp³-hybridized carbons (Fsp3) is 0.967. The maximum atomic E-state index is 13.5. The van der Waals surface area contributed by atoms with Crippen molar-refractivity contribution in [1.29, 1.82) is 0 Å². The van der Waals surface area contributed by atoms with Crippen LogP contribution in [0.3, 0.4) is 0 Å². The van der Waals surface area contributed by atoms with E-state index in [9.17, 15) is 25.2 Å². The maximum absolute atomic E-state index is 13.5. The summed E-state index contributed by atoms with van der Waals surface area (Å²) in [6.45, 7) is 14.8. The first-order valence-corrected chi connectivity index (χ1v) is 15.2. The van der Waals surface area contributed by atoms with Gasteiger partial charge in [0, 0.05) is 24.5 Å². The zero-order valence-electron chi connectivity index (χ0n) is 26.9. The molecule has 0 saturated carbocycles. The van der Waals surface area contributed by atoms with Crippen LogP contribution in [0.2, 0.25) is 0 Å². The first-order valence-electron chi connectivity index (χ1n) is 15.2. The van der Waals surface area contributed by atoms with Gasteiger partial charge in [-0.25, -0.2) is 0 Å². The van der Waals surface area contributed by atoms with E-state index in [1.165, 1.54) is 6.92 Å². The Hall–Kier alpha value is -0.890. The number of likely N-dealkylation sites (N-methyl/N-ethyl adjacent to an activating group) is 2. The van der Waals surface area contributed by atoms with Gasteiger partial charge in [0.15, 0.2) is 12.1 Å². The van der Waals surface area contributed by atoms with E-state index >= 15 is 0 Å². The van der Waals surface area contributed by atoms with Gasteiger partial charge in [0.25, 0.3) is 0 Å². The summed E-state index contributed by atoms with van der Waals surface area (Å²) in [5.74, 6) is -4.56. The van der Waals surface area contributed by atoms with Crippen LogP contribution >= 0.6 is 0 Å². The average molecular weight is 589 g/mol. The van der Waals surface area contributed by atoms with Crippen LogP contribution in [-0.4, -0.2) is 130 Å². The van der Waals surface area contributed by atoms with Gasteiger partial charge in [0.2, 0.25) is 0 Å². The SMILES string of the molecule is CC[C@H]1OC(=O)[C@H](C)[C@]2(O)OC(C)(C[C@@H](C)CN(C)[C@H](C)[C@@H](O)[C@]1(C)O)[C@H](O[C@@H]1O[C@H](C)CC(N(C)C)[C@H]1O)[C@H]2C. The van der Waals surface area contributed by atoms with Gasteiger partial charge in [-0.05, 0) is 80.9 Å². The molecule has 240 valence electrons. The highest BCUT2D eigenvalue weighted by Crippen LogP contribution is 2.50. The molecule has 0 aliphatic carbocycles. The molecule has 0 aromatic rings. The van der Waals surface area contributed by atoms with E-state index in [-0.39, 0.29) is 24.5 Å². The first-order chi connectivity index (χ1) is 18.8. The largest absolute Gasteiger partial charge is 0.459 e. The molecule has 41 heavy (non-hydrogen) atoms. The van der Waals surface area contributed by atoms with Gasteiger partial charge in [-0.2, -0.15) is 0 Å². The average Bonchev–Trinajstić information content (AvgIpc) is 3.06. The number of fused-ring (bicyclic) bond motifs is 2. The Morgan fingerprint density at radius 1 is 1.10 bits per heavy atom. The number of rotatable bonds is 4. The van der Waals surface area contributed by atoms with Crippen molar-refractivity contribution in [2.24, 2.45) is 17.8 Å². The molecule has 2 unspecified atom stereocenters. The molecular weight excluding hydrogens is 532 g/mol. The van der Waals surface area contributed by atoms with E-state index in [4.69, 9.17) is 18.9 Å². The minimum Gasteiger partial charge on any atom is -0.459 e. The van der Waals surface area contributed by atoms with Crippen LogP contribution in [0.25, 0.3) is 0 Å². The third kappa shape index (κ3) is 6.63. The van der Waals surface area contributed by atoms with Gasteiger partial charge in [0.05, 0.1) is 17.8 Å². The smallest absolute Gasteiger partial charge is 0.314 e. The number of ether oxygens (including phenoxy) is 4. The van der Waals surface area contributed by atoms with Crippen LogP contribution < -0.4 is 0 Å². The van der Waals surface area contributed by atoms with E-state index in [0.717, 1.165) is 0 Å². The van der Waals surface area contributed by atoms with E-state index in [0.29, 0.717) is 19.4 Å². The molecule has 3 rings (SSSR count). The lowest BCUT2D eigenvalue weighted by Gasteiger charge is -2.44. The number of carbonyl (C=O) groups excluding carboxylic acids is 1. The van der Waals surface area contributed by atoms with Crippen LogP contribution in [-0.2, 0) is 23.7 Å². The third-order valence-electron chi connectivity index (χ3n) is 10.0. The number of cyclic esters (lactones) is 1. The lowest BCUT2D eigenvalue weighted by Crippen LogP contribution is -2.59. The number of esters is 1. The van der Waals surface area contributed by atoms with E-state index < -0.39 is 71.5 Å². The Morgan fingerprint density at radius 3 is 2.27 bits per heavy atom. The van der Waals surface area contributed by atoms with Crippen LogP contribution in [0.5, 0.6) is 0 Å². The number of nitrogens with zero attached hydrogens (tertiary/aromatic N) is 2. The van der Waals surface area contributed by atoms with Gasteiger partial charge >= 0.3 is 5.97 Å². The molecule has 3 aliphatic rings. The number of aliphatic hydroxyl groups excluding tert-OH is 2. The van der Waals surface area contributed by atoms with Gasteiger partial charge in [-0.1, -0.05) is 20.8 Å². The van der Waals surface area contributed by atoms with Gasteiger partial charge in [0.1, 0.15) is 29.8 Å². The Bertz CT molecular complexity index is 905. The lowest BCUT2D eigenvalue weighted by molar-refractivity contribution is -0.286. The molecule has 14 atom stereocenters. The molecule has 0 radical (unpaired) electrons. The predicted molar refractivity (Wildman–Crippen MR) is 153 cm³/mol. The van der Waals surface area contributed by atoms with Crippen molar-refractivity contribution in [2.75, 3.05) is 27.7 Å². The standard InChI is InChI=1S/C30H56N2O9/c1-12-22-29(8,36)24(34)20(6)32(11)15-16(2)14-28(7)25(18(4)30(37,41-28)19(5)26(35)39-22)40-27-23(33)21(31(9)10)13-17(3)38-27/h16-25,27,33-34,36-37H,12-15H2,1-11H3/t16-,17-,18-,19+,20-,21?,22-,23-,24-,25-,27+,28?,29-,30-/m1/s1. The van der Waals surface area contributed by atoms with Gasteiger partial charge in [-0.3, -0.25) is 4.79 Å². The summed E-state index contributed by atoms with van der Waals surface area (Å²) >= 11 is 0. The minimum absolute atomic E-state index is 0.00284. The summed E-state index contributed by atoms with van der Waals surface area (Å²) in [6, 6.07) is -0.628. The molecular formula is C30H56N2O9. The molecule has 11 heteroatoms. The van der Waals surface area contributed by atoms with Crippen molar-refractivity contribution in [1.82, 2.24) is 9.80 Å². The number of hydrogen-bond donors (Lipinski definition) is 4. The summed E-state index contributed by atoms with van der Waals surface area (Å²) in [6.07, 6.45) is -3.65. The van der Waals surface area contributed by atoms with Crippen LogP contribution in [0, 0.1) is 17.8 Å². The zero-order valence-corrected chi connectivity index (χ0v) is 26.9. The molecule has 3 aliphatic heterocycles. The molecule has 0 aromatic carbocycles. The zero-order chi connectivity index (χ0) is 31.2. The summed E-state index contributed by atoms with van der Waals surface area (Å²) < 4.78 is 24.9. The molecule has 0 spiro atoms. The third-order valence-corrected chi connectivity index (χ3v) is 10.0. The van der Waals surface area contributed by atoms with E-state index in [2.05, 4.69) is 6.92 Å². The fourth-order valence-electron chi connectivity index (χ4n) is 7.33. The van der Waals surface area contributed by atoms with Crippen LogP contribution in [0.1, 0.15) is 74.7 Å². The van der Waals surface area contributed by atoms with Crippen molar-refractivity contribution in [3.05, 3.63) is 0 Å². The molecule has 0 amide bonds. The monoisotopic (exact) mass is 588 g/mol. The van der Waals surface area contributed by atoms with Crippen LogP contribution in [0.4, 0.5) is 0 Å². The second-order valence-corrected chi connectivity index (χ2v) is 13.8. The highest BCUT2D eigenvalue weighted by atomic mass is 16.7. The van der Waals surface area contributed by atoms with Crippen molar-refractivity contribution >= 4 is 5.97 Å². The lowest BCUT2D eigenvalue weighted by atomic mass is 9.80. The fourth-order valence-corrected chi connectivity index (χ4v) is 7.33. The second kappa shape index (κ2) is 12.6. The Morgan fingerprint density at radius 2 is 1.71 bits per heavy atom. The highest BCUT2D eigenvalue weighted by molar-refractivity contribution is 5.73. The van der Waals surface area contributed by atoms with Crippen molar-refractivity contribution < 1.29 is 44.2 Å². The Balaban J connectivity index is 2.03.